The van der Waals surface area contributed by atoms with Crippen molar-refractivity contribution in [3.63, 3.8) is 0 Å². The van der Waals surface area contributed by atoms with E-state index < -0.39 is 0 Å². The molecule has 1 aromatic rings. The van der Waals surface area contributed by atoms with Crippen molar-refractivity contribution >= 4 is 23.3 Å². The van der Waals surface area contributed by atoms with Crippen LogP contribution in [0.15, 0.2) is 24.3 Å². The first kappa shape index (κ1) is 17.7. The van der Waals surface area contributed by atoms with Gasteiger partial charge in [-0.2, -0.15) is 0 Å². The van der Waals surface area contributed by atoms with Crippen LogP contribution in [0.5, 0.6) is 0 Å². The molecule has 1 atom stereocenters. The molecule has 0 radical (unpaired) electrons. The van der Waals surface area contributed by atoms with Crippen LogP contribution in [-0.4, -0.2) is 42.5 Å². The molecular formula is C19H28N4O2. The largest absolute Gasteiger partial charge is 0.335 e. The molecule has 0 bridgehead atoms. The summed E-state index contributed by atoms with van der Waals surface area (Å²) in [5.74, 6) is 0.762. The minimum absolute atomic E-state index is 0.0564. The van der Waals surface area contributed by atoms with Crippen LogP contribution in [0.25, 0.3) is 0 Å². The van der Waals surface area contributed by atoms with Crippen LogP contribution in [0.1, 0.15) is 33.1 Å². The predicted octanol–water partition coefficient (Wildman–Crippen LogP) is 2.89. The lowest BCUT2D eigenvalue weighted by Crippen LogP contribution is -2.30. The van der Waals surface area contributed by atoms with Gasteiger partial charge >= 0.3 is 6.03 Å². The first-order valence-corrected chi connectivity index (χ1v) is 9.20. The summed E-state index contributed by atoms with van der Waals surface area (Å²) in [6.45, 7) is 7.29. The van der Waals surface area contributed by atoms with Crippen molar-refractivity contribution in [2.45, 2.75) is 39.2 Å². The Morgan fingerprint density at radius 2 is 1.72 bits per heavy atom. The predicted molar refractivity (Wildman–Crippen MR) is 99.6 cm³/mol. The highest BCUT2D eigenvalue weighted by atomic mass is 16.2. The summed E-state index contributed by atoms with van der Waals surface area (Å²) in [5.41, 5.74) is 1.49. The van der Waals surface area contributed by atoms with Gasteiger partial charge in [-0.05, 0) is 56.0 Å². The summed E-state index contributed by atoms with van der Waals surface area (Å²) in [4.78, 5) is 26.5. The van der Waals surface area contributed by atoms with E-state index in [0.29, 0.717) is 12.0 Å². The van der Waals surface area contributed by atoms with Crippen molar-refractivity contribution in [3.8, 4) is 0 Å². The van der Waals surface area contributed by atoms with E-state index in [1.807, 2.05) is 24.3 Å². The van der Waals surface area contributed by atoms with Crippen LogP contribution < -0.4 is 16.0 Å². The monoisotopic (exact) mass is 344 g/mol. The van der Waals surface area contributed by atoms with Crippen molar-refractivity contribution in [1.29, 1.82) is 0 Å². The van der Waals surface area contributed by atoms with E-state index in [9.17, 15) is 9.59 Å². The lowest BCUT2D eigenvalue weighted by atomic mass is 10.1. The maximum atomic E-state index is 12.4. The van der Waals surface area contributed by atoms with Crippen LogP contribution in [0.4, 0.5) is 16.2 Å². The van der Waals surface area contributed by atoms with E-state index in [4.69, 9.17) is 0 Å². The highest BCUT2D eigenvalue weighted by molar-refractivity contribution is 5.94. The van der Waals surface area contributed by atoms with Gasteiger partial charge in [-0.25, -0.2) is 4.79 Å². The van der Waals surface area contributed by atoms with Gasteiger partial charge in [0.25, 0.3) is 0 Å². The van der Waals surface area contributed by atoms with Crippen molar-refractivity contribution in [3.05, 3.63) is 24.3 Å². The SMILES string of the molecule is CC(C)CN1CCC(C(=O)Nc2ccc(NC(=O)NC3CC3)cc2)C1. The molecule has 1 aromatic carbocycles. The van der Waals surface area contributed by atoms with Crippen LogP contribution in [0.3, 0.4) is 0 Å². The molecule has 1 aliphatic carbocycles. The molecule has 136 valence electrons. The Morgan fingerprint density at radius 3 is 2.32 bits per heavy atom. The Morgan fingerprint density at radius 1 is 1.08 bits per heavy atom. The Balaban J connectivity index is 1.46. The number of urea groups is 1. The topological polar surface area (TPSA) is 73.5 Å². The number of benzene rings is 1. The number of nitrogens with one attached hydrogen (secondary N) is 3. The number of hydrogen-bond donors (Lipinski definition) is 3. The van der Waals surface area contributed by atoms with Crippen molar-refractivity contribution in [2.75, 3.05) is 30.3 Å². The maximum absolute atomic E-state index is 12.4. The second-order valence-corrected chi connectivity index (χ2v) is 7.58. The number of hydrogen-bond acceptors (Lipinski definition) is 3. The molecule has 3 amide bonds. The zero-order chi connectivity index (χ0) is 17.8. The fourth-order valence-electron chi connectivity index (χ4n) is 3.19. The first-order chi connectivity index (χ1) is 12.0. The Bertz CT molecular complexity index is 610. The van der Waals surface area contributed by atoms with E-state index in [1.165, 1.54) is 0 Å². The van der Waals surface area contributed by atoms with Gasteiger partial charge in [0, 0.05) is 30.5 Å². The summed E-state index contributed by atoms with van der Waals surface area (Å²) in [6.07, 6.45) is 3.04. The molecule has 1 heterocycles. The fourth-order valence-corrected chi connectivity index (χ4v) is 3.19. The van der Waals surface area contributed by atoms with Crippen LogP contribution in [0.2, 0.25) is 0 Å². The van der Waals surface area contributed by atoms with E-state index in [2.05, 4.69) is 34.7 Å². The molecule has 0 spiro atoms. The molecular weight excluding hydrogens is 316 g/mol. The molecule has 1 unspecified atom stereocenters. The average molecular weight is 344 g/mol. The molecule has 1 aliphatic heterocycles. The van der Waals surface area contributed by atoms with Gasteiger partial charge in [0.2, 0.25) is 5.91 Å². The number of rotatable bonds is 6. The molecule has 2 fully saturated rings. The van der Waals surface area contributed by atoms with Gasteiger partial charge < -0.3 is 20.9 Å². The van der Waals surface area contributed by atoms with E-state index >= 15 is 0 Å². The minimum atomic E-state index is -0.171. The van der Waals surface area contributed by atoms with Gasteiger partial charge in [0.15, 0.2) is 0 Å². The molecule has 3 rings (SSSR count). The quantitative estimate of drug-likeness (QED) is 0.743. The zero-order valence-corrected chi connectivity index (χ0v) is 15.0. The van der Waals surface area contributed by atoms with Crippen molar-refractivity contribution < 1.29 is 9.59 Å². The lowest BCUT2D eigenvalue weighted by Gasteiger charge is -2.18. The summed E-state index contributed by atoms with van der Waals surface area (Å²) in [5, 5.41) is 8.67. The molecule has 6 heteroatoms. The van der Waals surface area contributed by atoms with E-state index in [1.54, 1.807) is 0 Å². The second-order valence-electron chi connectivity index (χ2n) is 7.58. The third-order valence-electron chi connectivity index (χ3n) is 4.59. The van der Waals surface area contributed by atoms with Gasteiger partial charge in [0.1, 0.15) is 0 Å². The fraction of sp³-hybridized carbons (Fsp3) is 0.579. The standard InChI is InChI=1S/C19H28N4O2/c1-13(2)11-23-10-9-14(12-23)18(24)20-15-3-5-16(6-4-15)21-19(25)22-17-7-8-17/h3-6,13-14,17H,7-12H2,1-2H3,(H,20,24)(H2,21,22,25). The van der Waals surface area contributed by atoms with E-state index in [0.717, 1.165) is 50.3 Å². The number of anilines is 2. The molecule has 3 N–H and O–H groups in total. The van der Waals surface area contributed by atoms with Crippen LogP contribution in [-0.2, 0) is 4.79 Å². The highest BCUT2D eigenvalue weighted by Gasteiger charge is 2.28. The smallest absolute Gasteiger partial charge is 0.319 e. The van der Waals surface area contributed by atoms with E-state index in [-0.39, 0.29) is 17.9 Å². The zero-order valence-electron chi connectivity index (χ0n) is 15.0. The molecule has 0 aromatic heterocycles. The van der Waals surface area contributed by atoms with Crippen molar-refractivity contribution in [1.82, 2.24) is 10.2 Å². The average Bonchev–Trinajstić information content (AvgIpc) is 3.24. The maximum Gasteiger partial charge on any atom is 0.319 e. The van der Waals surface area contributed by atoms with Crippen LogP contribution >= 0.6 is 0 Å². The minimum Gasteiger partial charge on any atom is -0.335 e. The number of likely N-dealkylation sites (tertiary alicyclic amines) is 1. The number of carbonyl (C=O) groups excluding carboxylic acids is 2. The van der Waals surface area contributed by atoms with Gasteiger partial charge in [-0.1, -0.05) is 13.8 Å². The first-order valence-electron chi connectivity index (χ1n) is 9.20. The number of nitrogens with zero attached hydrogens (tertiary/aromatic N) is 1. The summed E-state index contributed by atoms with van der Waals surface area (Å²) in [7, 11) is 0. The normalized spacial score (nSPS) is 20.5. The Hall–Kier alpha value is -2.08. The van der Waals surface area contributed by atoms with Gasteiger partial charge in [-0.3, -0.25) is 4.79 Å². The summed E-state index contributed by atoms with van der Waals surface area (Å²) < 4.78 is 0. The number of carbonyl (C=O) groups is 2. The Kier molecular flexibility index (Phi) is 5.58. The summed E-state index contributed by atoms with van der Waals surface area (Å²) in [6, 6.07) is 7.43. The third kappa shape index (κ3) is 5.46. The van der Waals surface area contributed by atoms with Gasteiger partial charge in [-0.15, -0.1) is 0 Å². The summed E-state index contributed by atoms with van der Waals surface area (Å²) >= 11 is 0. The third-order valence-corrected chi connectivity index (χ3v) is 4.59. The second kappa shape index (κ2) is 7.87. The van der Waals surface area contributed by atoms with Crippen LogP contribution in [0, 0.1) is 11.8 Å². The van der Waals surface area contributed by atoms with Crippen molar-refractivity contribution in [2.24, 2.45) is 11.8 Å². The molecule has 1 saturated heterocycles. The lowest BCUT2D eigenvalue weighted by molar-refractivity contribution is -0.119. The molecule has 6 nitrogen and oxygen atoms in total. The van der Waals surface area contributed by atoms with Gasteiger partial charge in [0.05, 0.1) is 5.92 Å². The number of amides is 3. The molecule has 25 heavy (non-hydrogen) atoms. The Labute approximate surface area is 149 Å². The molecule has 1 saturated carbocycles. The molecule has 2 aliphatic rings. The highest BCUT2D eigenvalue weighted by Crippen LogP contribution is 2.21.